The maximum absolute atomic E-state index is 5.30. The van der Waals surface area contributed by atoms with E-state index in [4.69, 9.17) is 5.73 Å². The van der Waals surface area contributed by atoms with Crippen LogP contribution in [0.4, 0.5) is 0 Å². The zero-order valence-electron chi connectivity index (χ0n) is 5.72. The van der Waals surface area contributed by atoms with E-state index in [-0.39, 0.29) is 0 Å². The van der Waals surface area contributed by atoms with Gasteiger partial charge < -0.3 is 5.73 Å². The first-order valence-corrected chi connectivity index (χ1v) is 3.38. The smallest absolute Gasteiger partial charge is 0.00316 e. The molecule has 0 aliphatic rings. The van der Waals surface area contributed by atoms with Gasteiger partial charge in [0, 0.05) is 0 Å². The molecule has 0 atom stereocenters. The Hall–Kier alpha value is -0.210. The summed E-state index contributed by atoms with van der Waals surface area (Å²) in [5.41, 5.74) is 6.42. The molecule has 0 heterocycles. The first-order valence-electron chi connectivity index (χ1n) is 2.93. The van der Waals surface area contributed by atoms with Crippen LogP contribution in [-0.2, 0) is 0 Å². The molecule has 0 aromatic heterocycles. The molecule has 0 aromatic rings. The Bertz CT molecular complexity index is 127. The molecule has 0 spiro atoms. The van der Waals surface area contributed by atoms with Gasteiger partial charge in [-0.2, -0.15) is 0 Å². The molecular weight excluding hydrogens is 130 g/mol. The highest BCUT2D eigenvalue weighted by Crippen LogP contribution is 2.11. The van der Waals surface area contributed by atoms with Gasteiger partial charge >= 0.3 is 0 Å². The van der Waals surface area contributed by atoms with Gasteiger partial charge in [-0.3, -0.25) is 0 Å². The van der Waals surface area contributed by atoms with Gasteiger partial charge in [0.05, 0.1) is 0 Å². The van der Waals surface area contributed by atoms with Crippen molar-refractivity contribution in [1.82, 2.24) is 0 Å². The Morgan fingerprint density at radius 2 is 2.33 bits per heavy atom. The van der Waals surface area contributed by atoms with Gasteiger partial charge in [-0.15, -0.1) is 12.6 Å². The third-order valence-electron chi connectivity index (χ3n) is 1.14. The van der Waals surface area contributed by atoms with Crippen LogP contribution in [0.25, 0.3) is 0 Å². The van der Waals surface area contributed by atoms with E-state index in [0.717, 1.165) is 16.9 Å². The highest BCUT2D eigenvalue weighted by atomic mass is 32.1. The summed E-state index contributed by atoms with van der Waals surface area (Å²) in [6.07, 6.45) is 2.64. The van der Waals surface area contributed by atoms with Gasteiger partial charge in [-0.1, -0.05) is 12.7 Å². The van der Waals surface area contributed by atoms with E-state index in [9.17, 15) is 0 Å². The molecule has 9 heavy (non-hydrogen) atoms. The van der Waals surface area contributed by atoms with Crippen molar-refractivity contribution >= 4 is 12.6 Å². The Labute approximate surface area is 62.0 Å². The van der Waals surface area contributed by atoms with E-state index in [1.165, 1.54) is 0 Å². The molecule has 0 saturated carbocycles. The molecular formula is C7H13NS. The zero-order chi connectivity index (χ0) is 7.28. The SMILES string of the molecule is C=C/C(C)=C(\S)CCN. The number of rotatable bonds is 3. The van der Waals surface area contributed by atoms with Gasteiger partial charge in [0.25, 0.3) is 0 Å². The highest BCUT2D eigenvalue weighted by molar-refractivity contribution is 7.84. The first-order chi connectivity index (χ1) is 4.22. The lowest BCUT2D eigenvalue weighted by atomic mass is 10.2. The Morgan fingerprint density at radius 1 is 1.78 bits per heavy atom. The van der Waals surface area contributed by atoms with Gasteiger partial charge in [0.1, 0.15) is 0 Å². The lowest BCUT2D eigenvalue weighted by molar-refractivity contribution is 0.989. The minimum absolute atomic E-state index is 0.657. The minimum atomic E-state index is 0.657. The quantitative estimate of drug-likeness (QED) is 0.456. The van der Waals surface area contributed by atoms with Crippen LogP contribution in [-0.4, -0.2) is 6.54 Å². The first kappa shape index (κ1) is 8.79. The number of nitrogens with two attached hydrogens (primary N) is 1. The summed E-state index contributed by atoms with van der Waals surface area (Å²) >= 11 is 4.21. The Balaban J connectivity index is 3.93. The van der Waals surface area contributed by atoms with Crippen molar-refractivity contribution < 1.29 is 0 Å². The second kappa shape index (κ2) is 4.65. The van der Waals surface area contributed by atoms with Crippen molar-refractivity contribution in [2.24, 2.45) is 5.73 Å². The van der Waals surface area contributed by atoms with Crippen molar-refractivity contribution in [3.05, 3.63) is 23.1 Å². The number of hydrogen-bond donors (Lipinski definition) is 2. The van der Waals surface area contributed by atoms with Gasteiger partial charge in [0.15, 0.2) is 0 Å². The van der Waals surface area contributed by atoms with E-state index in [2.05, 4.69) is 19.2 Å². The second-order valence-electron chi connectivity index (χ2n) is 1.87. The summed E-state index contributed by atoms with van der Waals surface area (Å²) in [7, 11) is 0. The molecule has 0 unspecified atom stereocenters. The van der Waals surface area contributed by atoms with Crippen LogP contribution in [0.1, 0.15) is 13.3 Å². The summed E-state index contributed by atoms with van der Waals surface area (Å²) in [4.78, 5) is 1.03. The Morgan fingerprint density at radius 3 is 2.67 bits per heavy atom. The fourth-order valence-corrected chi connectivity index (χ4v) is 0.672. The second-order valence-corrected chi connectivity index (χ2v) is 2.41. The van der Waals surface area contributed by atoms with Crippen molar-refractivity contribution in [2.75, 3.05) is 6.54 Å². The lowest BCUT2D eigenvalue weighted by Crippen LogP contribution is -1.98. The molecule has 1 nitrogen and oxygen atoms in total. The van der Waals surface area contributed by atoms with Crippen LogP contribution in [0.15, 0.2) is 23.1 Å². The lowest BCUT2D eigenvalue weighted by Gasteiger charge is -1.98. The van der Waals surface area contributed by atoms with Crippen LogP contribution >= 0.6 is 12.6 Å². The summed E-state index contributed by atoms with van der Waals surface area (Å²) in [6, 6.07) is 0. The molecule has 0 aromatic carbocycles. The van der Waals surface area contributed by atoms with Gasteiger partial charge in [0.2, 0.25) is 0 Å². The average molecular weight is 143 g/mol. The largest absolute Gasteiger partial charge is 0.330 e. The van der Waals surface area contributed by atoms with E-state index < -0.39 is 0 Å². The standard InChI is InChI=1S/C7H13NS/c1-3-6(2)7(9)4-5-8/h3,9H,1,4-5,8H2,2H3/b7-6-. The predicted octanol–water partition coefficient (Wildman–Crippen LogP) is 1.72. The topological polar surface area (TPSA) is 26.0 Å². The number of hydrogen-bond acceptors (Lipinski definition) is 2. The van der Waals surface area contributed by atoms with Gasteiger partial charge in [-0.05, 0) is 30.4 Å². The summed E-state index contributed by atoms with van der Waals surface area (Å²) in [5.74, 6) is 0. The molecule has 0 radical (unpaired) electrons. The maximum Gasteiger partial charge on any atom is -0.00316 e. The summed E-state index contributed by atoms with van der Waals surface area (Å²) in [6.45, 7) is 6.25. The Kier molecular flexibility index (Phi) is 4.54. The monoisotopic (exact) mass is 143 g/mol. The molecule has 2 heteroatoms. The fourth-order valence-electron chi connectivity index (χ4n) is 0.452. The molecule has 0 bridgehead atoms. The van der Waals surface area contributed by atoms with Crippen molar-refractivity contribution in [3.63, 3.8) is 0 Å². The fraction of sp³-hybridized carbons (Fsp3) is 0.429. The van der Waals surface area contributed by atoms with E-state index in [1.54, 1.807) is 6.08 Å². The predicted molar refractivity (Wildman–Crippen MR) is 45.6 cm³/mol. The summed E-state index contributed by atoms with van der Waals surface area (Å²) in [5, 5.41) is 0. The van der Waals surface area contributed by atoms with Crippen molar-refractivity contribution in [3.8, 4) is 0 Å². The van der Waals surface area contributed by atoms with Gasteiger partial charge in [-0.25, -0.2) is 0 Å². The molecule has 0 aliphatic heterocycles. The third kappa shape index (κ3) is 3.38. The van der Waals surface area contributed by atoms with Crippen molar-refractivity contribution in [2.45, 2.75) is 13.3 Å². The molecule has 52 valence electrons. The highest BCUT2D eigenvalue weighted by Gasteiger charge is 1.90. The molecule has 0 aliphatic carbocycles. The van der Waals surface area contributed by atoms with E-state index in [0.29, 0.717) is 6.54 Å². The summed E-state index contributed by atoms with van der Waals surface area (Å²) < 4.78 is 0. The van der Waals surface area contributed by atoms with Crippen LogP contribution in [0, 0.1) is 0 Å². The molecule has 0 amide bonds. The molecule has 0 fully saturated rings. The van der Waals surface area contributed by atoms with Crippen LogP contribution in [0.3, 0.4) is 0 Å². The van der Waals surface area contributed by atoms with Crippen LogP contribution < -0.4 is 5.73 Å². The zero-order valence-corrected chi connectivity index (χ0v) is 6.62. The van der Waals surface area contributed by atoms with Crippen LogP contribution in [0.5, 0.6) is 0 Å². The minimum Gasteiger partial charge on any atom is -0.330 e. The third-order valence-corrected chi connectivity index (χ3v) is 1.72. The van der Waals surface area contributed by atoms with Crippen molar-refractivity contribution in [1.29, 1.82) is 0 Å². The normalized spacial score (nSPS) is 12.8. The van der Waals surface area contributed by atoms with E-state index >= 15 is 0 Å². The number of allylic oxidation sites excluding steroid dienone is 2. The molecule has 0 rings (SSSR count). The molecule has 2 N–H and O–H groups in total. The molecule has 0 saturated heterocycles. The maximum atomic E-state index is 5.30. The number of thiol groups is 1. The van der Waals surface area contributed by atoms with Crippen LogP contribution in [0.2, 0.25) is 0 Å². The average Bonchev–Trinajstić information content (AvgIpc) is 1.87. The van der Waals surface area contributed by atoms with E-state index in [1.807, 2.05) is 6.92 Å².